The second-order valence-electron chi connectivity index (χ2n) is 27.9. The van der Waals surface area contributed by atoms with Crippen LogP contribution in [0.3, 0.4) is 0 Å². The predicted octanol–water partition coefficient (Wildman–Crippen LogP) is 28.7. The molecule has 19 aromatic carbocycles. The highest BCUT2D eigenvalue weighted by atomic mass is 15.2. The fourth-order valence-corrected chi connectivity index (χ4v) is 15.2. The molecule has 0 saturated heterocycles. The van der Waals surface area contributed by atoms with Gasteiger partial charge in [0.1, 0.15) is 0 Å². The van der Waals surface area contributed by atoms with Crippen LogP contribution in [0.2, 0.25) is 0 Å². The first-order valence-corrected chi connectivity index (χ1v) is 37.6. The third-order valence-electron chi connectivity index (χ3n) is 21.1. The maximum absolute atomic E-state index is 9.30. The lowest BCUT2D eigenvalue weighted by molar-refractivity contribution is 1.20. The average Bonchev–Trinajstić information content (AvgIpc) is 0.771. The van der Waals surface area contributed by atoms with Crippen molar-refractivity contribution in [3.8, 4) is 6.07 Å². The molecule has 0 atom stereocenters. The Labute approximate surface area is 648 Å². The Bertz CT molecular complexity index is 6320. The molecule has 0 aliphatic heterocycles. The predicted molar refractivity (Wildman–Crippen MR) is 474 cm³/mol. The van der Waals surface area contributed by atoms with Gasteiger partial charge in [-0.25, -0.2) is 0 Å². The maximum Gasteiger partial charge on any atom is 0.0992 e. The fourth-order valence-electron chi connectivity index (χ4n) is 15.2. The molecule has 0 heterocycles. The first-order chi connectivity index (χ1) is 54.7. The van der Waals surface area contributed by atoms with Crippen LogP contribution >= 0.6 is 0 Å². The summed E-state index contributed by atoms with van der Waals surface area (Å²) in [6, 6.07) is 153. The van der Waals surface area contributed by atoms with E-state index >= 15 is 0 Å². The minimum Gasteiger partial charge on any atom is -0.345 e. The van der Waals surface area contributed by atoms with E-state index in [0.717, 1.165) is 73.9 Å². The van der Waals surface area contributed by atoms with E-state index in [-0.39, 0.29) is 0 Å². The maximum atomic E-state index is 9.30. The number of benzene rings is 19. The first-order valence-electron chi connectivity index (χ1n) is 37.6. The molecule has 0 unspecified atom stereocenters. The van der Waals surface area contributed by atoms with E-state index in [2.05, 4.69) is 444 Å². The van der Waals surface area contributed by atoms with Crippen molar-refractivity contribution in [1.29, 1.82) is 5.26 Å². The Kier molecular flexibility index (Phi) is 19.6. The zero-order valence-electron chi connectivity index (χ0n) is 62.0. The molecule has 0 N–H and O–H groups in total. The van der Waals surface area contributed by atoms with E-state index in [1.807, 2.05) is 37.4 Å². The average molecular weight is 1430 g/mol. The molecule has 0 fully saturated rings. The van der Waals surface area contributed by atoms with Gasteiger partial charge in [0.15, 0.2) is 0 Å². The molecule has 0 saturated carbocycles. The van der Waals surface area contributed by atoms with E-state index in [0.29, 0.717) is 5.56 Å². The molecule has 0 aromatic heterocycles. The second kappa shape index (κ2) is 31.4. The summed E-state index contributed by atoms with van der Waals surface area (Å²) in [6.45, 7) is 0. The normalized spacial score (nSPS) is 11.0. The van der Waals surface area contributed by atoms with Gasteiger partial charge in [-0.2, -0.15) is 5.26 Å². The molecule has 111 heavy (non-hydrogen) atoms. The van der Waals surface area contributed by atoms with Gasteiger partial charge in [-0.05, 0) is 229 Å². The fraction of sp³-hybridized carbons (Fsp3) is 0.0288. The minimum absolute atomic E-state index is 0.652. The topological polar surface area (TPSA) is 43.2 Å². The number of rotatable bonds is 15. The number of hydrogen-bond donors (Lipinski definition) is 0. The number of hydrogen-bond acceptors (Lipinski definition) is 7. The number of nitrogens with zero attached hydrogens (tertiary/aromatic N) is 7. The molecule has 19 rings (SSSR count). The Morgan fingerprint density at radius 3 is 0.802 bits per heavy atom. The van der Waals surface area contributed by atoms with Crippen LogP contribution in [0.15, 0.2) is 425 Å². The van der Waals surface area contributed by atoms with Gasteiger partial charge in [0.05, 0.1) is 23.0 Å². The van der Waals surface area contributed by atoms with Gasteiger partial charge in [0.25, 0.3) is 0 Å². The molecule has 0 amide bonds. The molecule has 0 bridgehead atoms. The highest BCUT2D eigenvalue weighted by molar-refractivity contribution is 6.05. The number of para-hydroxylation sites is 1. The smallest absolute Gasteiger partial charge is 0.0992 e. The molecule has 0 aliphatic rings. The van der Waals surface area contributed by atoms with Crippen LogP contribution in [0.25, 0.3) is 75.4 Å². The summed E-state index contributed by atoms with van der Waals surface area (Å²) >= 11 is 0. The number of fused-ring (bicyclic) bond motifs is 7. The summed E-state index contributed by atoms with van der Waals surface area (Å²) in [5.41, 5.74) is 17.5. The SMILES string of the molecule is CN(c1ccc(N(c2ccc3ccccc3c2)c2ccc3ccccc3c2)cc1)c1cccc2ccccc12.CN(c1ccc(N(c2cccc3ccccc23)c2cccc3ccccc23)cc1)c1cccc(C#N)c1.CN(c1ccccc1)c1ccc(N(c2ccc3ccccc3c2)c2ccc3ccccc3c2)cc1. The molecule has 530 valence electrons. The third-order valence-corrected chi connectivity index (χ3v) is 21.1. The van der Waals surface area contributed by atoms with Crippen molar-refractivity contribution >= 4 is 161 Å². The van der Waals surface area contributed by atoms with Gasteiger partial charge in [-0.1, -0.05) is 255 Å². The van der Waals surface area contributed by atoms with Gasteiger partial charge < -0.3 is 29.4 Å². The number of anilines is 15. The van der Waals surface area contributed by atoms with Crippen LogP contribution in [0.1, 0.15) is 5.56 Å². The van der Waals surface area contributed by atoms with E-state index in [1.165, 1.54) is 86.8 Å². The van der Waals surface area contributed by atoms with Crippen molar-refractivity contribution < 1.29 is 0 Å². The lowest BCUT2D eigenvalue weighted by Gasteiger charge is -2.29. The Balaban J connectivity index is 0.000000121. The van der Waals surface area contributed by atoms with E-state index < -0.39 is 0 Å². The monoisotopic (exact) mass is 1430 g/mol. The molecule has 7 heteroatoms. The van der Waals surface area contributed by atoms with Crippen molar-refractivity contribution in [2.75, 3.05) is 50.5 Å². The summed E-state index contributed by atoms with van der Waals surface area (Å²) in [6.07, 6.45) is 0. The first kappa shape index (κ1) is 69.3. The molecular weight excluding hydrogens is 1350 g/mol. The quantitative estimate of drug-likeness (QED) is 0.101. The third kappa shape index (κ3) is 14.6. The van der Waals surface area contributed by atoms with Crippen LogP contribution in [-0.2, 0) is 0 Å². The zero-order valence-corrected chi connectivity index (χ0v) is 62.0. The Morgan fingerprint density at radius 2 is 0.423 bits per heavy atom. The van der Waals surface area contributed by atoms with Crippen LogP contribution in [0.4, 0.5) is 85.3 Å². The van der Waals surface area contributed by atoms with Gasteiger partial charge >= 0.3 is 0 Å². The van der Waals surface area contributed by atoms with Crippen LogP contribution in [0, 0.1) is 11.3 Å². The van der Waals surface area contributed by atoms with Crippen molar-refractivity contribution in [3.63, 3.8) is 0 Å². The van der Waals surface area contributed by atoms with Crippen molar-refractivity contribution in [1.82, 2.24) is 0 Å². The summed E-state index contributed by atoms with van der Waals surface area (Å²) < 4.78 is 0. The highest BCUT2D eigenvalue weighted by Gasteiger charge is 2.21. The molecule has 0 spiro atoms. The Morgan fingerprint density at radius 1 is 0.171 bits per heavy atom. The van der Waals surface area contributed by atoms with Crippen LogP contribution in [0.5, 0.6) is 0 Å². The van der Waals surface area contributed by atoms with E-state index in [9.17, 15) is 5.26 Å². The summed E-state index contributed by atoms with van der Waals surface area (Å²) in [5.74, 6) is 0. The van der Waals surface area contributed by atoms with Gasteiger partial charge in [0, 0.05) is 111 Å². The van der Waals surface area contributed by atoms with Crippen LogP contribution in [-0.4, -0.2) is 21.1 Å². The molecule has 0 aliphatic carbocycles. The van der Waals surface area contributed by atoms with E-state index in [1.54, 1.807) is 0 Å². The van der Waals surface area contributed by atoms with Gasteiger partial charge in [0.2, 0.25) is 0 Å². The largest absolute Gasteiger partial charge is 0.345 e. The van der Waals surface area contributed by atoms with Crippen molar-refractivity contribution in [3.05, 3.63) is 430 Å². The number of nitriles is 1. The Hall–Kier alpha value is -14.7. The van der Waals surface area contributed by atoms with Gasteiger partial charge in [-0.15, -0.1) is 0 Å². The molecule has 0 radical (unpaired) electrons. The van der Waals surface area contributed by atoms with Gasteiger partial charge in [-0.3, -0.25) is 0 Å². The lowest BCUT2D eigenvalue weighted by atomic mass is 10.0. The second-order valence-corrected chi connectivity index (χ2v) is 27.9. The summed E-state index contributed by atoms with van der Waals surface area (Å²) in [4.78, 5) is 13.6. The molecule has 19 aromatic rings. The van der Waals surface area contributed by atoms with Crippen molar-refractivity contribution in [2.45, 2.75) is 0 Å². The minimum atomic E-state index is 0.652. The summed E-state index contributed by atoms with van der Waals surface area (Å²) in [5, 5.41) is 26.5. The van der Waals surface area contributed by atoms with Crippen molar-refractivity contribution in [2.24, 2.45) is 0 Å². The van der Waals surface area contributed by atoms with E-state index in [4.69, 9.17) is 0 Å². The highest BCUT2D eigenvalue weighted by Crippen LogP contribution is 2.45. The zero-order chi connectivity index (χ0) is 75.0. The summed E-state index contributed by atoms with van der Waals surface area (Å²) in [7, 11) is 6.27. The standard InChI is InChI=1S/C37H28N2.C34H25N3.C33H26N2/c1-38(37-16-8-14-29-11-6-7-15-36(29)37)32-21-23-33(24-22-32)39(34-19-17-27-9-2-4-12-30(27)25-34)35-20-18-28-10-3-5-13-31(28)26-35;1-36(30-14-6-9-25(23-30)24-35)28-19-21-29(22-20-28)37(33-17-7-12-26-10-2-4-15-31(26)33)34-18-8-13-27-11-3-5-16-32(27)34;1-34(29-13-3-2-4-14-29)30-19-21-31(22-20-30)35(32-17-15-25-9-5-7-11-27(25)23-32)33-18-16-26-10-6-8-12-28(26)24-33/h2-26H,1H3;2-23H,1H3;2-24H,1H3. The molecular formula is C104H79N7. The molecule has 7 nitrogen and oxygen atoms in total. The lowest BCUT2D eigenvalue weighted by Crippen LogP contribution is -2.12. The van der Waals surface area contributed by atoms with Crippen LogP contribution < -0.4 is 29.4 Å².